The number of carbonyl (C=O) groups excluding carboxylic acids is 2. The molecule has 4 rings (SSSR count). The Hall–Kier alpha value is -2.10. The molecule has 0 radical (unpaired) electrons. The lowest BCUT2D eigenvalue weighted by Crippen LogP contribution is -2.43. The third-order valence-corrected chi connectivity index (χ3v) is 5.82. The van der Waals surface area contributed by atoms with Crippen molar-refractivity contribution in [2.24, 2.45) is 29.1 Å². The predicted molar refractivity (Wildman–Crippen MR) is 79.6 cm³/mol. The summed E-state index contributed by atoms with van der Waals surface area (Å²) < 4.78 is 0. The summed E-state index contributed by atoms with van der Waals surface area (Å²) in [5.41, 5.74) is 1.75. The second kappa shape index (κ2) is 4.45. The number of hydrogen-bond acceptors (Lipinski definition) is 3. The second-order valence-corrected chi connectivity index (χ2v) is 6.84. The van der Waals surface area contributed by atoms with Crippen LogP contribution in [0, 0.1) is 36.0 Å². The minimum atomic E-state index is -1.09. The maximum Gasteiger partial charge on any atom is 0.228 e. The molecule has 1 amide bonds. The van der Waals surface area contributed by atoms with Crippen molar-refractivity contribution < 1.29 is 14.7 Å². The lowest BCUT2D eigenvalue weighted by atomic mass is 9.82. The molecule has 0 unspecified atom stereocenters. The van der Waals surface area contributed by atoms with E-state index in [2.05, 4.69) is 11.4 Å². The Morgan fingerprint density at radius 1 is 1.14 bits per heavy atom. The molecule has 114 valence electrons. The molecule has 4 nitrogen and oxygen atoms in total. The molecule has 2 fully saturated rings. The Morgan fingerprint density at radius 2 is 1.77 bits per heavy atom. The van der Waals surface area contributed by atoms with Crippen molar-refractivity contribution in [2.45, 2.75) is 19.8 Å². The number of aryl methyl sites for hydroxylation is 1. The molecule has 1 N–H and O–H groups in total. The van der Waals surface area contributed by atoms with E-state index in [9.17, 15) is 14.7 Å². The lowest BCUT2D eigenvalue weighted by molar-refractivity contribution is -0.313. The molecule has 1 aromatic carbocycles. The van der Waals surface area contributed by atoms with E-state index >= 15 is 0 Å². The van der Waals surface area contributed by atoms with Crippen molar-refractivity contribution in [3.63, 3.8) is 0 Å². The third-order valence-electron chi connectivity index (χ3n) is 5.82. The Morgan fingerprint density at radius 3 is 2.36 bits per heavy atom. The topological polar surface area (TPSA) is 69.2 Å². The average molecular weight is 296 g/mol. The fraction of sp³-hybridized carbons (Fsp3) is 0.444. The molecule has 3 aliphatic rings. The molecule has 2 bridgehead atoms. The number of anilines is 1. The molecule has 2 saturated carbocycles. The number of benzene rings is 1. The van der Waals surface area contributed by atoms with Gasteiger partial charge in [-0.2, -0.15) is 0 Å². The van der Waals surface area contributed by atoms with Crippen LogP contribution in [0.5, 0.6) is 0 Å². The Balaban J connectivity index is 1.64. The van der Waals surface area contributed by atoms with Gasteiger partial charge in [-0.1, -0.05) is 30.4 Å². The first-order valence-corrected chi connectivity index (χ1v) is 7.80. The van der Waals surface area contributed by atoms with Gasteiger partial charge in [0.2, 0.25) is 5.91 Å². The Kier molecular flexibility index (Phi) is 2.74. The molecule has 0 heterocycles. The zero-order valence-corrected chi connectivity index (χ0v) is 12.4. The molecule has 4 heteroatoms. The number of amides is 1. The second-order valence-electron chi connectivity index (χ2n) is 6.84. The number of allylic oxidation sites excluding steroid dienone is 2. The minimum Gasteiger partial charge on any atom is -0.550 e. The van der Waals surface area contributed by atoms with Crippen LogP contribution in [0.3, 0.4) is 0 Å². The van der Waals surface area contributed by atoms with Crippen molar-refractivity contribution >= 4 is 17.6 Å². The predicted octanol–water partition coefficient (Wildman–Crippen LogP) is 1.51. The molecule has 22 heavy (non-hydrogen) atoms. The Bertz CT molecular complexity index is 689. The first-order chi connectivity index (χ1) is 10.5. The van der Waals surface area contributed by atoms with Crippen LogP contribution in [0.4, 0.5) is 5.69 Å². The first-order valence-electron chi connectivity index (χ1n) is 7.80. The zero-order chi connectivity index (χ0) is 15.5. The van der Waals surface area contributed by atoms with E-state index in [4.69, 9.17) is 0 Å². The minimum absolute atomic E-state index is 0.0263. The van der Waals surface area contributed by atoms with Crippen LogP contribution in [-0.4, -0.2) is 11.9 Å². The van der Waals surface area contributed by atoms with Gasteiger partial charge < -0.3 is 15.2 Å². The van der Waals surface area contributed by atoms with Crippen LogP contribution < -0.4 is 10.4 Å². The first kappa shape index (κ1) is 13.6. The van der Waals surface area contributed by atoms with Gasteiger partial charge in [0.25, 0.3) is 0 Å². The highest BCUT2D eigenvalue weighted by Gasteiger charge is 2.68. The van der Waals surface area contributed by atoms with Gasteiger partial charge in [-0.3, -0.25) is 4.79 Å². The van der Waals surface area contributed by atoms with Gasteiger partial charge in [0.1, 0.15) is 0 Å². The van der Waals surface area contributed by atoms with E-state index in [1.807, 2.05) is 37.3 Å². The van der Waals surface area contributed by atoms with Crippen LogP contribution in [-0.2, 0) is 9.59 Å². The van der Waals surface area contributed by atoms with Crippen LogP contribution >= 0.6 is 0 Å². The van der Waals surface area contributed by atoms with Gasteiger partial charge >= 0.3 is 0 Å². The molecule has 0 aliphatic heterocycles. The standard InChI is InChI=1S/C18H19NO3/c1-10-4-2-3-5-13(10)19-16(20)14-11-6-7-12(15(14)17(21)22)18(11)8-9-18/h2-7,11-12,14-15H,8-9H2,1H3,(H,19,20)(H,21,22)/p-1/t11-,12+,14+,15+/m1/s1. The van der Waals surface area contributed by atoms with Crippen molar-refractivity contribution in [2.75, 3.05) is 5.32 Å². The summed E-state index contributed by atoms with van der Waals surface area (Å²) in [7, 11) is 0. The van der Waals surface area contributed by atoms with Crippen LogP contribution in [0.2, 0.25) is 0 Å². The molecule has 1 aromatic rings. The van der Waals surface area contributed by atoms with Gasteiger partial charge in [-0.15, -0.1) is 0 Å². The molecule has 1 spiro atoms. The van der Waals surface area contributed by atoms with E-state index in [1.165, 1.54) is 0 Å². The normalized spacial score (nSPS) is 33.1. The maximum absolute atomic E-state index is 12.8. The number of para-hydroxylation sites is 1. The van der Waals surface area contributed by atoms with E-state index in [1.54, 1.807) is 0 Å². The van der Waals surface area contributed by atoms with Crippen molar-refractivity contribution in [1.82, 2.24) is 0 Å². The fourth-order valence-electron chi connectivity index (χ4n) is 4.61. The number of carboxylic acids is 1. The monoisotopic (exact) mass is 296 g/mol. The van der Waals surface area contributed by atoms with Crippen molar-refractivity contribution in [3.05, 3.63) is 42.0 Å². The summed E-state index contributed by atoms with van der Waals surface area (Å²) in [5, 5.41) is 14.5. The van der Waals surface area contributed by atoms with E-state index in [0.29, 0.717) is 0 Å². The quantitative estimate of drug-likeness (QED) is 0.860. The van der Waals surface area contributed by atoms with E-state index in [0.717, 1.165) is 24.1 Å². The van der Waals surface area contributed by atoms with Gasteiger partial charge in [0, 0.05) is 17.6 Å². The summed E-state index contributed by atoms with van der Waals surface area (Å²) in [6.45, 7) is 1.93. The van der Waals surface area contributed by atoms with Gasteiger partial charge in [-0.25, -0.2) is 0 Å². The van der Waals surface area contributed by atoms with E-state index < -0.39 is 17.8 Å². The van der Waals surface area contributed by atoms with Crippen molar-refractivity contribution in [1.29, 1.82) is 0 Å². The number of carboxylic acid groups (broad SMARTS) is 1. The molecular weight excluding hydrogens is 278 g/mol. The molecule has 0 saturated heterocycles. The molecule has 0 aromatic heterocycles. The van der Waals surface area contributed by atoms with Crippen LogP contribution in [0.15, 0.2) is 36.4 Å². The van der Waals surface area contributed by atoms with Gasteiger partial charge in [0.15, 0.2) is 0 Å². The van der Waals surface area contributed by atoms with Crippen LogP contribution in [0.25, 0.3) is 0 Å². The van der Waals surface area contributed by atoms with Crippen molar-refractivity contribution in [3.8, 4) is 0 Å². The largest absolute Gasteiger partial charge is 0.550 e. The number of rotatable bonds is 3. The highest BCUT2D eigenvalue weighted by Crippen LogP contribution is 2.71. The number of nitrogens with one attached hydrogen (secondary N) is 1. The SMILES string of the molecule is Cc1ccccc1NC(=O)[C@@H]1[C@@H](C(=O)[O-])[C@@H]2C=C[C@H]1C21CC1. The highest BCUT2D eigenvalue weighted by molar-refractivity contribution is 5.97. The van der Waals surface area contributed by atoms with Gasteiger partial charge in [-0.05, 0) is 48.6 Å². The number of aliphatic carboxylic acids is 1. The fourth-order valence-corrected chi connectivity index (χ4v) is 4.61. The third kappa shape index (κ3) is 1.70. The Labute approximate surface area is 129 Å². The molecule has 4 atom stereocenters. The average Bonchev–Trinajstić information content (AvgIpc) is 3.15. The lowest BCUT2D eigenvalue weighted by Gasteiger charge is -2.27. The summed E-state index contributed by atoms with van der Waals surface area (Å²) in [6.07, 6.45) is 6.09. The maximum atomic E-state index is 12.8. The summed E-state index contributed by atoms with van der Waals surface area (Å²) in [6, 6.07) is 7.54. The van der Waals surface area contributed by atoms with E-state index in [-0.39, 0.29) is 23.2 Å². The highest BCUT2D eigenvalue weighted by atomic mass is 16.4. The summed E-state index contributed by atoms with van der Waals surface area (Å²) in [5.74, 6) is -2.47. The zero-order valence-electron chi connectivity index (χ0n) is 12.4. The molecular formula is C18H18NO3-. The smallest absolute Gasteiger partial charge is 0.228 e. The van der Waals surface area contributed by atoms with Gasteiger partial charge in [0.05, 0.1) is 5.92 Å². The summed E-state index contributed by atoms with van der Waals surface area (Å²) >= 11 is 0. The summed E-state index contributed by atoms with van der Waals surface area (Å²) in [4.78, 5) is 24.4. The number of hydrogen-bond donors (Lipinski definition) is 1. The molecule has 3 aliphatic carbocycles. The number of carbonyl (C=O) groups is 2. The van der Waals surface area contributed by atoms with Crippen LogP contribution in [0.1, 0.15) is 18.4 Å².